The fraction of sp³-hybridized carbons (Fsp3) is 0.600. The molecule has 0 N–H and O–H groups in total. The number of ether oxygens (including phenoxy) is 2. The molecule has 2 fully saturated rings. The lowest BCUT2D eigenvalue weighted by atomic mass is 10.0. The molecule has 0 spiro atoms. The predicted octanol–water partition coefficient (Wildman–Crippen LogP) is 2.06. The summed E-state index contributed by atoms with van der Waals surface area (Å²) >= 11 is 5.64. The van der Waals surface area contributed by atoms with Crippen molar-refractivity contribution in [1.82, 2.24) is 4.90 Å². The zero-order valence-corrected chi connectivity index (χ0v) is 12.9. The van der Waals surface area contributed by atoms with Gasteiger partial charge in [0.25, 0.3) is 5.91 Å². The lowest BCUT2D eigenvalue weighted by molar-refractivity contribution is -0.196. The van der Waals surface area contributed by atoms with E-state index in [1.54, 1.807) is 11.0 Å². The van der Waals surface area contributed by atoms with Crippen molar-refractivity contribution in [1.29, 1.82) is 0 Å². The summed E-state index contributed by atoms with van der Waals surface area (Å²) in [7, 11) is 0. The molecular formula is C15H17ClFNO4. The number of carbonyl (C=O) groups excluding carboxylic acids is 2. The van der Waals surface area contributed by atoms with Crippen LogP contribution >= 0.6 is 11.6 Å². The Morgan fingerprint density at radius 3 is 3.05 bits per heavy atom. The van der Waals surface area contributed by atoms with Crippen LogP contribution in [0.3, 0.4) is 0 Å². The topological polar surface area (TPSA) is 55.8 Å². The Kier molecular flexibility index (Phi) is 3.99. The van der Waals surface area contributed by atoms with Crippen LogP contribution in [0, 0.1) is 0 Å². The Morgan fingerprint density at radius 1 is 1.55 bits per heavy atom. The normalized spacial score (nSPS) is 35.0. The van der Waals surface area contributed by atoms with E-state index in [-0.39, 0.29) is 24.0 Å². The van der Waals surface area contributed by atoms with Crippen LogP contribution in [0.1, 0.15) is 26.2 Å². The summed E-state index contributed by atoms with van der Waals surface area (Å²) in [5, 5.41) is 0.0612. The van der Waals surface area contributed by atoms with E-state index < -0.39 is 29.5 Å². The maximum Gasteiger partial charge on any atom is 0.329 e. The number of nitrogens with zero attached hydrogens (tertiary/aromatic N) is 1. The van der Waals surface area contributed by atoms with Crippen molar-refractivity contribution in [3.63, 3.8) is 0 Å². The van der Waals surface area contributed by atoms with E-state index >= 15 is 0 Å². The number of amides is 1. The van der Waals surface area contributed by atoms with Gasteiger partial charge in [-0.15, -0.1) is 0 Å². The molecule has 1 amide bonds. The number of carbonyl (C=O) groups is 2. The number of hydrogen-bond donors (Lipinski definition) is 0. The van der Waals surface area contributed by atoms with Crippen molar-refractivity contribution >= 4 is 23.5 Å². The van der Waals surface area contributed by atoms with Crippen LogP contribution < -0.4 is 0 Å². The molecule has 1 unspecified atom stereocenters. The van der Waals surface area contributed by atoms with Gasteiger partial charge in [0.15, 0.2) is 0 Å². The number of halogens is 2. The monoisotopic (exact) mass is 329 g/mol. The highest BCUT2D eigenvalue weighted by Gasteiger charge is 2.52. The minimum absolute atomic E-state index is 0.0138. The Morgan fingerprint density at radius 2 is 2.32 bits per heavy atom. The smallest absolute Gasteiger partial charge is 0.329 e. The Balaban J connectivity index is 1.65. The first-order chi connectivity index (χ1) is 10.4. The third-order valence-electron chi connectivity index (χ3n) is 4.23. The zero-order chi connectivity index (χ0) is 15.9. The third kappa shape index (κ3) is 2.65. The lowest BCUT2D eigenvalue weighted by Crippen LogP contribution is -2.61. The summed E-state index contributed by atoms with van der Waals surface area (Å²) in [5.74, 6) is -1.09. The molecule has 0 aromatic heterocycles. The number of allylic oxidation sites excluding steroid dienone is 2. The first-order valence-corrected chi connectivity index (χ1v) is 7.66. The fourth-order valence-corrected chi connectivity index (χ4v) is 3.14. The average Bonchev–Trinajstić information content (AvgIpc) is 2.96. The highest BCUT2D eigenvalue weighted by atomic mass is 35.5. The summed E-state index contributed by atoms with van der Waals surface area (Å²) in [6, 6.07) is -0.464. The molecule has 2 saturated heterocycles. The van der Waals surface area contributed by atoms with Crippen LogP contribution in [-0.4, -0.2) is 47.7 Å². The molecule has 120 valence electrons. The molecular weight excluding hydrogens is 313 g/mol. The van der Waals surface area contributed by atoms with Crippen LogP contribution in [0.4, 0.5) is 4.39 Å². The van der Waals surface area contributed by atoms with E-state index in [1.807, 2.05) is 0 Å². The molecule has 5 nitrogen and oxygen atoms in total. The SMILES string of the molecule is C[C@@]1(COC2C=CC(Cl)=C(F)C2)OC(=O)[C@H]2CCCN2C1=O. The highest BCUT2D eigenvalue weighted by Crippen LogP contribution is 2.32. The summed E-state index contributed by atoms with van der Waals surface area (Å²) in [6.45, 7) is 1.98. The van der Waals surface area contributed by atoms with Gasteiger partial charge in [0.2, 0.25) is 5.60 Å². The first-order valence-electron chi connectivity index (χ1n) is 7.28. The van der Waals surface area contributed by atoms with Crippen LogP contribution in [0.15, 0.2) is 23.0 Å². The highest BCUT2D eigenvalue weighted by molar-refractivity contribution is 6.31. The van der Waals surface area contributed by atoms with Gasteiger partial charge in [0.1, 0.15) is 11.9 Å². The second-order valence-electron chi connectivity index (χ2n) is 5.97. The third-order valence-corrected chi connectivity index (χ3v) is 4.56. The second kappa shape index (κ2) is 5.66. The van der Waals surface area contributed by atoms with Crippen molar-refractivity contribution in [3.05, 3.63) is 23.0 Å². The minimum Gasteiger partial charge on any atom is -0.445 e. The summed E-state index contributed by atoms with van der Waals surface area (Å²) in [4.78, 5) is 26.1. The Bertz CT molecular complexity index is 576. The van der Waals surface area contributed by atoms with E-state index in [4.69, 9.17) is 21.1 Å². The molecule has 0 aromatic rings. The summed E-state index contributed by atoms with van der Waals surface area (Å²) in [6.07, 6.45) is 3.98. The Labute approximate surface area is 132 Å². The van der Waals surface area contributed by atoms with Gasteiger partial charge < -0.3 is 14.4 Å². The largest absolute Gasteiger partial charge is 0.445 e. The maximum atomic E-state index is 13.5. The van der Waals surface area contributed by atoms with Crippen molar-refractivity contribution in [2.24, 2.45) is 0 Å². The van der Waals surface area contributed by atoms with E-state index in [1.165, 1.54) is 13.0 Å². The quantitative estimate of drug-likeness (QED) is 0.744. The molecule has 0 bridgehead atoms. The molecule has 3 rings (SSSR count). The van der Waals surface area contributed by atoms with Gasteiger partial charge in [-0.2, -0.15) is 0 Å². The van der Waals surface area contributed by atoms with E-state index in [9.17, 15) is 14.0 Å². The second-order valence-corrected chi connectivity index (χ2v) is 6.38. The van der Waals surface area contributed by atoms with Crippen LogP contribution in [0.2, 0.25) is 0 Å². The summed E-state index contributed by atoms with van der Waals surface area (Å²) < 4.78 is 24.4. The van der Waals surface area contributed by atoms with E-state index in [0.29, 0.717) is 13.0 Å². The minimum atomic E-state index is -1.35. The lowest BCUT2D eigenvalue weighted by Gasteiger charge is -2.40. The van der Waals surface area contributed by atoms with Gasteiger partial charge in [-0.3, -0.25) is 4.79 Å². The maximum absolute atomic E-state index is 13.5. The van der Waals surface area contributed by atoms with Crippen LogP contribution in [-0.2, 0) is 19.1 Å². The molecule has 2 heterocycles. The Hall–Kier alpha value is -1.40. The summed E-state index contributed by atoms with van der Waals surface area (Å²) in [5.41, 5.74) is -1.35. The standard InChI is InChI=1S/C15H17ClFNO4/c1-15(8-21-9-4-5-10(16)11(17)7-9)14(20)18-6-2-3-12(18)13(19)22-15/h4-5,9,12H,2-3,6-8H2,1H3/t9?,12-,15+/m1/s1. The van der Waals surface area contributed by atoms with Crippen LogP contribution in [0.5, 0.6) is 0 Å². The van der Waals surface area contributed by atoms with Crippen molar-refractivity contribution in [2.45, 2.75) is 43.9 Å². The molecule has 2 aliphatic heterocycles. The first kappa shape index (κ1) is 15.5. The molecule has 0 radical (unpaired) electrons. The van der Waals surface area contributed by atoms with Gasteiger partial charge in [-0.1, -0.05) is 17.7 Å². The van der Waals surface area contributed by atoms with E-state index in [2.05, 4.69) is 0 Å². The molecule has 22 heavy (non-hydrogen) atoms. The predicted molar refractivity (Wildman–Crippen MR) is 76.7 cm³/mol. The average molecular weight is 330 g/mol. The number of rotatable bonds is 3. The molecule has 3 aliphatic rings. The number of esters is 1. The molecule has 0 saturated carbocycles. The van der Waals surface area contributed by atoms with Gasteiger partial charge in [0, 0.05) is 13.0 Å². The van der Waals surface area contributed by atoms with Gasteiger partial charge in [0.05, 0.1) is 17.7 Å². The zero-order valence-electron chi connectivity index (χ0n) is 12.2. The van der Waals surface area contributed by atoms with Gasteiger partial charge >= 0.3 is 5.97 Å². The number of fused-ring (bicyclic) bond motifs is 1. The van der Waals surface area contributed by atoms with Crippen LogP contribution in [0.25, 0.3) is 0 Å². The van der Waals surface area contributed by atoms with Crippen molar-refractivity contribution < 1.29 is 23.5 Å². The number of morpholine rings is 1. The molecule has 3 atom stereocenters. The molecule has 7 heteroatoms. The molecule has 0 aromatic carbocycles. The number of cyclic esters (lactones) is 1. The fourth-order valence-electron chi connectivity index (χ4n) is 2.99. The van der Waals surface area contributed by atoms with Gasteiger partial charge in [-0.05, 0) is 25.8 Å². The van der Waals surface area contributed by atoms with E-state index in [0.717, 1.165) is 6.42 Å². The van der Waals surface area contributed by atoms with Crippen molar-refractivity contribution in [3.8, 4) is 0 Å². The molecule has 1 aliphatic carbocycles. The van der Waals surface area contributed by atoms with Gasteiger partial charge in [-0.25, -0.2) is 9.18 Å². The number of hydrogen-bond acceptors (Lipinski definition) is 4. The van der Waals surface area contributed by atoms with Crippen molar-refractivity contribution in [2.75, 3.05) is 13.2 Å².